The summed E-state index contributed by atoms with van der Waals surface area (Å²) in [5.41, 5.74) is 2.73. The fraction of sp³-hybridized carbons (Fsp3) is 0.350. The van der Waals surface area contributed by atoms with Crippen molar-refractivity contribution < 1.29 is 9.59 Å². The molecule has 1 aromatic heterocycles. The molecule has 1 saturated heterocycles. The summed E-state index contributed by atoms with van der Waals surface area (Å²) >= 11 is 0. The van der Waals surface area contributed by atoms with Gasteiger partial charge in [-0.05, 0) is 18.1 Å². The fourth-order valence-electron chi connectivity index (χ4n) is 2.94. The molecule has 2 aromatic rings. The van der Waals surface area contributed by atoms with Crippen LogP contribution in [0.3, 0.4) is 0 Å². The zero-order valence-corrected chi connectivity index (χ0v) is 15.3. The van der Waals surface area contributed by atoms with E-state index in [4.69, 9.17) is 0 Å². The Kier molecular flexibility index (Phi) is 4.93. The van der Waals surface area contributed by atoms with E-state index in [2.05, 4.69) is 41.4 Å². The van der Waals surface area contributed by atoms with Gasteiger partial charge in [0, 0.05) is 17.5 Å². The normalized spacial score (nSPS) is 19.3. The van der Waals surface area contributed by atoms with Crippen molar-refractivity contribution in [3.8, 4) is 0 Å². The third-order valence-corrected chi connectivity index (χ3v) is 4.92. The quantitative estimate of drug-likeness (QED) is 0.722. The van der Waals surface area contributed by atoms with Crippen molar-refractivity contribution in [2.75, 3.05) is 0 Å². The summed E-state index contributed by atoms with van der Waals surface area (Å²) in [4.78, 5) is 32.4. The minimum absolute atomic E-state index is 0.103. The molecule has 136 valence electrons. The predicted octanol–water partition coefficient (Wildman–Crippen LogP) is 2.30. The molecule has 1 aliphatic heterocycles. The van der Waals surface area contributed by atoms with Crippen LogP contribution in [0.2, 0.25) is 0 Å². The molecule has 0 unspecified atom stereocenters. The number of piperazine rings is 1. The van der Waals surface area contributed by atoms with Gasteiger partial charge in [-0.3, -0.25) is 9.59 Å². The third-order valence-electron chi connectivity index (χ3n) is 4.92. The summed E-state index contributed by atoms with van der Waals surface area (Å²) in [6.45, 7) is 6.32. The molecule has 1 aliphatic rings. The van der Waals surface area contributed by atoms with Crippen molar-refractivity contribution >= 4 is 17.9 Å². The van der Waals surface area contributed by atoms with Gasteiger partial charge in [-0.1, -0.05) is 51.1 Å². The van der Waals surface area contributed by atoms with Crippen molar-refractivity contribution in [3.05, 3.63) is 59.3 Å². The van der Waals surface area contributed by atoms with Gasteiger partial charge < -0.3 is 15.6 Å². The van der Waals surface area contributed by atoms with Gasteiger partial charge in [0.1, 0.15) is 11.7 Å². The number of benzene rings is 1. The van der Waals surface area contributed by atoms with Crippen LogP contribution in [-0.4, -0.2) is 27.8 Å². The lowest BCUT2D eigenvalue weighted by atomic mass is 9.85. The molecule has 26 heavy (non-hydrogen) atoms. The lowest BCUT2D eigenvalue weighted by molar-refractivity contribution is -0.131. The molecular weight excluding hydrogens is 328 g/mol. The Hall–Kier alpha value is -2.89. The first-order valence-corrected chi connectivity index (χ1v) is 8.82. The van der Waals surface area contributed by atoms with Gasteiger partial charge >= 0.3 is 0 Å². The Morgan fingerprint density at radius 3 is 2.62 bits per heavy atom. The second-order valence-corrected chi connectivity index (χ2v) is 7.16. The molecule has 0 spiro atoms. The minimum atomic E-state index is -0.576. The average Bonchev–Trinajstić information content (AvgIpc) is 3.09. The lowest BCUT2D eigenvalue weighted by Crippen LogP contribution is -2.55. The number of nitrogens with zero attached hydrogens (tertiary/aromatic N) is 1. The first-order valence-electron chi connectivity index (χ1n) is 8.82. The van der Waals surface area contributed by atoms with E-state index in [9.17, 15) is 9.59 Å². The Morgan fingerprint density at radius 2 is 1.92 bits per heavy atom. The monoisotopic (exact) mass is 352 g/mol. The van der Waals surface area contributed by atoms with Crippen LogP contribution in [0.25, 0.3) is 6.08 Å². The predicted molar refractivity (Wildman–Crippen MR) is 100 cm³/mol. The van der Waals surface area contributed by atoms with E-state index >= 15 is 0 Å². The van der Waals surface area contributed by atoms with Crippen LogP contribution in [0.5, 0.6) is 0 Å². The average molecular weight is 352 g/mol. The summed E-state index contributed by atoms with van der Waals surface area (Å²) < 4.78 is 0. The zero-order valence-electron chi connectivity index (χ0n) is 15.3. The number of aromatic amines is 1. The molecule has 6 heteroatoms. The van der Waals surface area contributed by atoms with E-state index in [1.807, 2.05) is 30.3 Å². The van der Waals surface area contributed by atoms with Crippen molar-refractivity contribution in [1.29, 1.82) is 0 Å². The van der Waals surface area contributed by atoms with Gasteiger partial charge in [0.05, 0.1) is 12.0 Å². The number of hydrogen-bond donors (Lipinski definition) is 3. The first-order chi connectivity index (χ1) is 12.4. The number of nitrogens with one attached hydrogen (secondary N) is 3. The highest BCUT2D eigenvalue weighted by atomic mass is 16.2. The zero-order chi connectivity index (χ0) is 18.7. The van der Waals surface area contributed by atoms with Gasteiger partial charge in [0.15, 0.2) is 0 Å². The molecule has 1 atom stereocenters. The summed E-state index contributed by atoms with van der Waals surface area (Å²) in [6.07, 6.45) is 4.63. The van der Waals surface area contributed by atoms with Crippen molar-refractivity contribution in [2.24, 2.45) is 0 Å². The van der Waals surface area contributed by atoms with E-state index in [1.165, 1.54) is 0 Å². The first kappa shape index (κ1) is 17.9. The maximum atomic E-state index is 12.5. The Bertz CT molecular complexity index is 837. The fourth-order valence-corrected chi connectivity index (χ4v) is 2.94. The number of hydrogen-bond acceptors (Lipinski definition) is 3. The second-order valence-electron chi connectivity index (χ2n) is 7.16. The van der Waals surface area contributed by atoms with E-state index in [-0.39, 0.29) is 22.9 Å². The molecule has 1 fully saturated rings. The van der Waals surface area contributed by atoms with Gasteiger partial charge in [0.25, 0.3) is 5.91 Å². The number of carbonyl (C=O) groups excluding carboxylic acids is 2. The third kappa shape index (κ3) is 3.69. The number of imidazole rings is 1. The maximum Gasteiger partial charge on any atom is 0.268 e. The van der Waals surface area contributed by atoms with Gasteiger partial charge in [0.2, 0.25) is 5.91 Å². The number of H-pyrrole nitrogens is 1. The van der Waals surface area contributed by atoms with Crippen LogP contribution in [0.1, 0.15) is 44.1 Å². The second kappa shape index (κ2) is 7.15. The minimum Gasteiger partial charge on any atom is -0.348 e. The molecule has 6 nitrogen and oxygen atoms in total. The van der Waals surface area contributed by atoms with Crippen LogP contribution >= 0.6 is 0 Å². The largest absolute Gasteiger partial charge is 0.348 e. The number of rotatable bonds is 5. The molecule has 1 aromatic carbocycles. The molecule has 2 amide bonds. The summed E-state index contributed by atoms with van der Waals surface area (Å²) in [5.74, 6) is -0.514. The molecule has 2 heterocycles. The summed E-state index contributed by atoms with van der Waals surface area (Å²) in [6, 6.07) is 9.05. The topological polar surface area (TPSA) is 86.9 Å². The highest BCUT2D eigenvalue weighted by molar-refractivity contribution is 6.07. The van der Waals surface area contributed by atoms with E-state index in [0.29, 0.717) is 12.1 Å². The van der Waals surface area contributed by atoms with Crippen LogP contribution in [0.4, 0.5) is 0 Å². The van der Waals surface area contributed by atoms with E-state index < -0.39 is 6.04 Å². The Labute approximate surface area is 153 Å². The summed E-state index contributed by atoms with van der Waals surface area (Å²) in [5, 5.41) is 5.52. The van der Waals surface area contributed by atoms with Crippen molar-refractivity contribution in [3.63, 3.8) is 0 Å². The van der Waals surface area contributed by atoms with Gasteiger partial charge in [-0.15, -0.1) is 0 Å². The van der Waals surface area contributed by atoms with Gasteiger partial charge in [-0.2, -0.15) is 0 Å². The molecule has 0 radical (unpaired) electrons. The molecule has 0 saturated carbocycles. The lowest BCUT2D eigenvalue weighted by Gasteiger charge is -2.26. The van der Waals surface area contributed by atoms with E-state index in [1.54, 1.807) is 12.4 Å². The van der Waals surface area contributed by atoms with Crippen molar-refractivity contribution in [2.45, 2.75) is 45.1 Å². The van der Waals surface area contributed by atoms with Crippen LogP contribution in [-0.2, 0) is 21.4 Å². The van der Waals surface area contributed by atoms with Crippen LogP contribution in [0, 0.1) is 0 Å². The van der Waals surface area contributed by atoms with E-state index in [0.717, 1.165) is 17.7 Å². The number of aromatic nitrogens is 2. The highest BCUT2D eigenvalue weighted by Gasteiger charge is 2.31. The Morgan fingerprint density at radius 1 is 1.19 bits per heavy atom. The van der Waals surface area contributed by atoms with Gasteiger partial charge in [-0.25, -0.2) is 4.98 Å². The smallest absolute Gasteiger partial charge is 0.268 e. The Balaban J connectivity index is 1.78. The SMILES string of the molecule is CCC(C)(C)c1[nH]cnc1/C=C1\NC(=O)[C@H](Cc2ccccc2)NC1=O. The highest BCUT2D eigenvalue weighted by Crippen LogP contribution is 2.28. The molecular formula is C20H24N4O2. The van der Waals surface area contributed by atoms with Crippen LogP contribution < -0.4 is 10.6 Å². The molecule has 0 bridgehead atoms. The molecule has 3 N–H and O–H groups in total. The molecule has 3 rings (SSSR count). The van der Waals surface area contributed by atoms with Crippen LogP contribution in [0.15, 0.2) is 42.4 Å². The maximum absolute atomic E-state index is 12.5. The molecule has 0 aliphatic carbocycles. The number of amides is 2. The van der Waals surface area contributed by atoms with Crippen molar-refractivity contribution in [1.82, 2.24) is 20.6 Å². The number of carbonyl (C=O) groups is 2. The summed E-state index contributed by atoms with van der Waals surface area (Å²) in [7, 11) is 0. The standard InChI is InChI=1S/C20H24N4O2/c1-4-20(2,3)17-14(21-12-22-17)11-16-19(26)23-15(18(25)24-16)10-13-8-6-5-7-9-13/h5-9,11-12,15H,4,10H2,1-3H3,(H,21,22)(H,23,26)(H,24,25)/b16-11-/t15-/m0/s1.